The summed E-state index contributed by atoms with van der Waals surface area (Å²) in [5, 5.41) is 10.6. The van der Waals surface area contributed by atoms with Gasteiger partial charge < -0.3 is 33.8 Å². The first-order valence-electron chi connectivity index (χ1n) is 40.4. The SMILES string of the molecule is CC/C=C\C/C=C\C/C=C\C/C=C\C/C=C\CCCCCC(=O)OCC(COP(=O)(O)OCC(O)COP(=O)(O)OCC(COC(=O)CCCCCCC/C=C\CCCCCCCC)OC(=O)CCCCCCC/C=C\CCCCCC)OC(=O)CCCCCC/C=C\C/C=C\C/C=C\C/C=C\CC. The summed E-state index contributed by atoms with van der Waals surface area (Å²) in [6, 6.07) is 0. The highest BCUT2D eigenvalue weighted by Gasteiger charge is 2.30. The lowest BCUT2D eigenvalue weighted by Crippen LogP contribution is -2.30. The summed E-state index contributed by atoms with van der Waals surface area (Å²) in [4.78, 5) is 73.0. The van der Waals surface area contributed by atoms with Crippen molar-refractivity contribution >= 4 is 39.5 Å². The highest BCUT2D eigenvalue weighted by molar-refractivity contribution is 7.47. The molecule has 596 valence electrons. The number of aliphatic hydroxyl groups excluding tert-OH is 1. The van der Waals surface area contributed by atoms with Crippen molar-refractivity contribution in [3.63, 3.8) is 0 Å². The van der Waals surface area contributed by atoms with Gasteiger partial charge in [-0.3, -0.25) is 37.3 Å². The molecule has 0 aromatic heterocycles. The van der Waals surface area contributed by atoms with Crippen molar-refractivity contribution in [3.8, 4) is 0 Å². The number of hydrogen-bond donors (Lipinski definition) is 3. The largest absolute Gasteiger partial charge is 0.472 e. The Labute approximate surface area is 631 Å². The van der Waals surface area contributed by atoms with E-state index in [1.54, 1.807) is 0 Å². The third kappa shape index (κ3) is 75.4. The predicted molar refractivity (Wildman–Crippen MR) is 427 cm³/mol. The molecule has 0 saturated heterocycles. The molecule has 0 aromatic carbocycles. The summed E-state index contributed by atoms with van der Waals surface area (Å²) in [5.74, 6) is -2.25. The Morgan fingerprint density at radius 3 is 0.798 bits per heavy atom. The Hall–Kier alpha value is -4.80. The first-order valence-corrected chi connectivity index (χ1v) is 43.4. The number of carbonyl (C=O) groups excluding carboxylic acids is 4. The maximum Gasteiger partial charge on any atom is 0.472 e. The van der Waals surface area contributed by atoms with Gasteiger partial charge in [-0.1, -0.05) is 271 Å². The van der Waals surface area contributed by atoms with Crippen molar-refractivity contribution < 1.29 is 80.2 Å². The molecule has 0 saturated carbocycles. The van der Waals surface area contributed by atoms with E-state index in [0.29, 0.717) is 25.7 Å². The number of allylic oxidation sites excluding steroid dienone is 22. The molecule has 3 N–H and O–H groups in total. The van der Waals surface area contributed by atoms with Gasteiger partial charge in [-0.2, -0.15) is 0 Å². The molecule has 5 unspecified atom stereocenters. The van der Waals surface area contributed by atoms with E-state index in [9.17, 15) is 43.2 Å². The lowest BCUT2D eigenvalue weighted by atomic mass is 10.1. The molecule has 0 spiro atoms. The van der Waals surface area contributed by atoms with Crippen LogP contribution in [-0.4, -0.2) is 96.7 Å². The van der Waals surface area contributed by atoms with Crippen LogP contribution in [0, 0.1) is 0 Å². The minimum absolute atomic E-state index is 0.0554. The van der Waals surface area contributed by atoms with Crippen molar-refractivity contribution in [1.82, 2.24) is 0 Å². The van der Waals surface area contributed by atoms with Crippen LogP contribution in [0.25, 0.3) is 0 Å². The molecule has 0 bridgehead atoms. The maximum absolute atomic E-state index is 13.1. The molecule has 19 heteroatoms. The number of unbranched alkanes of at least 4 members (excludes halogenated alkanes) is 27. The van der Waals surface area contributed by atoms with E-state index in [1.807, 2.05) is 0 Å². The zero-order valence-corrected chi connectivity index (χ0v) is 66.9. The topological polar surface area (TPSA) is 237 Å². The van der Waals surface area contributed by atoms with E-state index < -0.39 is 97.5 Å². The molecule has 0 radical (unpaired) electrons. The summed E-state index contributed by atoms with van der Waals surface area (Å²) in [7, 11) is -9.98. The molecule has 0 aliphatic rings. The van der Waals surface area contributed by atoms with E-state index in [-0.39, 0.29) is 25.7 Å². The molecule has 104 heavy (non-hydrogen) atoms. The number of hydrogen-bond acceptors (Lipinski definition) is 15. The van der Waals surface area contributed by atoms with Crippen LogP contribution in [0.5, 0.6) is 0 Å². The number of rotatable bonds is 75. The van der Waals surface area contributed by atoms with Crippen LogP contribution in [0.15, 0.2) is 134 Å². The minimum atomic E-state index is -5.00. The van der Waals surface area contributed by atoms with Gasteiger partial charge in [0.25, 0.3) is 0 Å². The van der Waals surface area contributed by atoms with Gasteiger partial charge in [0.05, 0.1) is 26.4 Å². The van der Waals surface area contributed by atoms with E-state index in [4.69, 9.17) is 37.0 Å². The van der Waals surface area contributed by atoms with E-state index >= 15 is 0 Å². The van der Waals surface area contributed by atoms with Crippen LogP contribution >= 0.6 is 15.6 Å². The van der Waals surface area contributed by atoms with Gasteiger partial charge in [-0.25, -0.2) is 9.13 Å². The highest BCUT2D eigenvalue weighted by atomic mass is 31.2. The Morgan fingerprint density at radius 1 is 0.279 bits per heavy atom. The zero-order valence-electron chi connectivity index (χ0n) is 65.2. The average Bonchev–Trinajstić information content (AvgIpc) is 0.911. The smallest absolute Gasteiger partial charge is 0.462 e. The fourth-order valence-corrected chi connectivity index (χ4v) is 12.0. The lowest BCUT2D eigenvalue weighted by Gasteiger charge is -2.21. The lowest BCUT2D eigenvalue weighted by molar-refractivity contribution is -0.161. The Balaban J connectivity index is 5.43. The first kappa shape index (κ1) is 99.2. The number of phosphoric ester groups is 2. The van der Waals surface area contributed by atoms with Crippen LogP contribution in [0.3, 0.4) is 0 Å². The minimum Gasteiger partial charge on any atom is -0.462 e. The van der Waals surface area contributed by atoms with Crippen molar-refractivity contribution in [2.75, 3.05) is 39.6 Å². The number of esters is 4. The maximum atomic E-state index is 13.1. The molecule has 0 heterocycles. The summed E-state index contributed by atoms with van der Waals surface area (Å²) in [6.07, 6.45) is 85.7. The van der Waals surface area contributed by atoms with Crippen molar-refractivity contribution in [2.45, 2.75) is 341 Å². The van der Waals surface area contributed by atoms with E-state index in [0.717, 1.165) is 180 Å². The Bertz CT molecular complexity index is 2490. The third-order valence-corrected chi connectivity index (χ3v) is 18.5. The molecule has 5 atom stereocenters. The normalized spacial score (nSPS) is 14.6. The summed E-state index contributed by atoms with van der Waals surface area (Å²) in [6.45, 7) is 4.56. The summed E-state index contributed by atoms with van der Waals surface area (Å²) >= 11 is 0. The van der Waals surface area contributed by atoms with Gasteiger partial charge in [-0.15, -0.1) is 0 Å². The second-order valence-corrected chi connectivity index (χ2v) is 29.5. The fraction of sp³-hybridized carbons (Fsp3) is 0.694. The summed E-state index contributed by atoms with van der Waals surface area (Å²) in [5.41, 5.74) is 0. The van der Waals surface area contributed by atoms with Gasteiger partial charge >= 0.3 is 39.5 Å². The molecule has 0 aromatic rings. The van der Waals surface area contributed by atoms with Gasteiger partial charge in [0.15, 0.2) is 12.2 Å². The van der Waals surface area contributed by atoms with E-state index in [2.05, 4.69) is 161 Å². The molecule has 0 aliphatic heterocycles. The van der Waals surface area contributed by atoms with Gasteiger partial charge in [0.1, 0.15) is 19.3 Å². The van der Waals surface area contributed by atoms with Crippen molar-refractivity contribution in [2.24, 2.45) is 0 Å². The van der Waals surface area contributed by atoms with E-state index in [1.165, 1.54) is 64.2 Å². The Morgan fingerprint density at radius 2 is 0.500 bits per heavy atom. The molecule has 0 fully saturated rings. The van der Waals surface area contributed by atoms with Crippen molar-refractivity contribution in [1.29, 1.82) is 0 Å². The molecule has 17 nitrogen and oxygen atoms in total. The van der Waals surface area contributed by atoms with Gasteiger partial charge in [-0.05, 0) is 161 Å². The van der Waals surface area contributed by atoms with Crippen LogP contribution < -0.4 is 0 Å². The zero-order chi connectivity index (χ0) is 76.0. The first-order chi connectivity index (χ1) is 50.7. The predicted octanol–water partition coefficient (Wildman–Crippen LogP) is 23.7. The second kappa shape index (κ2) is 76.4. The number of phosphoric acid groups is 2. The van der Waals surface area contributed by atoms with Gasteiger partial charge in [0.2, 0.25) is 0 Å². The fourth-order valence-electron chi connectivity index (χ4n) is 10.5. The van der Waals surface area contributed by atoms with Crippen LogP contribution in [0.2, 0.25) is 0 Å². The molecular formula is C85H144O17P2. The molecule has 0 amide bonds. The second-order valence-electron chi connectivity index (χ2n) is 26.6. The monoisotopic (exact) mass is 1500 g/mol. The highest BCUT2D eigenvalue weighted by Crippen LogP contribution is 2.45. The van der Waals surface area contributed by atoms with Crippen LogP contribution in [-0.2, 0) is 65.4 Å². The average molecular weight is 1500 g/mol. The quantitative estimate of drug-likeness (QED) is 0.0169. The Kier molecular flexibility index (Phi) is 72.9. The summed E-state index contributed by atoms with van der Waals surface area (Å²) < 4.78 is 68.6. The molecule has 0 aliphatic carbocycles. The number of carbonyl (C=O) groups is 4. The number of ether oxygens (including phenoxy) is 4. The van der Waals surface area contributed by atoms with Crippen LogP contribution in [0.1, 0.15) is 323 Å². The van der Waals surface area contributed by atoms with Gasteiger partial charge in [0, 0.05) is 25.7 Å². The standard InChI is InChI=1S/C85H144O17P2/c1-5-9-13-17-21-25-29-33-36-38-39-41-43-47-50-54-58-62-66-70-83(88)96-76-81(102-85(90)72-68-64-60-56-52-48-44-40-37-34-30-26-22-18-14-10-6-2)78-100-104(93,94)98-74-79(86)73-97-103(91,92)99-77-80(101-84(89)71-67-63-59-55-51-45-32-28-24-20-16-12-8-4)75-95-82(87)69-65-61-57-53-49-46-42-35-31-27-23-19-15-11-7-3/h9-10,13-14,21-22,25-26,28,32-37,39,41-42,44,47-48,50,79-81,86H,5-8,11-12,15-20,23-24,27,29-31,38,40,43,45-46,49,51-78H2,1-4H3,(H,91,92)(H,93,94)/b13-9-,14-10-,25-21-,26-22-,32-28-,36-33-,37-34-,41-39-,42-35-,48-44-,50-47-. The molecular weight excluding hydrogens is 1350 g/mol. The van der Waals surface area contributed by atoms with Crippen LogP contribution in [0.4, 0.5) is 0 Å². The number of aliphatic hydroxyl groups is 1. The third-order valence-electron chi connectivity index (χ3n) is 16.6. The van der Waals surface area contributed by atoms with Crippen molar-refractivity contribution in [3.05, 3.63) is 134 Å². The molecule has 0 rings (SSSR count).